The maximum Gasteiger partial charge on any atom is 0.573 e. The highest BCUT2D eigenvalue weighted by Crippen LogP contribution is 2.43. The van der Waals surface area contributed by atoms with E-state index in [1.54, 1.807) is 0 Å². The van der Waals surface area contributed by atoms with Gasteiger partial charge in [-0.05, 0) is 30.0 Å². The molecular weight excluding hydrogens is 390 g/mol. The van der Waals surface area contributed by atoms with Gasteiger partial charge in [0, 0.05) is 17.3 Å². The SMILES string of the molecule is O=C(CCBr)c1ccc(OC(F)(F)F)c(SC(F)(F)F)c1. The van der Waals surface area contributed by atoms with E-state index in [2.05, 4.69) is 20.7 Å². The molecule has 1 aromatic rings. The summed E-state index contributed by atoms with van der Waals surface area (Å²) in [6.45, 7) is 0. The van der Waals surface area contributed by atoms with Crippen molar-refractivity contribution in [3.05, 3.63) is 23.8 Å². The van der Waals surface area contributed by atoms with Crippen LogP contribution in [0.4, 0.5) is 26.3 Å². The number of thioether (sulfide) groups is 1. The lowest BCUT2D eigenvalue weighted by atomic mass is 10.1. The molecule has 0 heterocycles. The molecule has 0 atom stereocenters. The van der Waals surface area contributed by atoms with Crippen LogP contribution in [-0.4, -0.2) is 23.0 Å². The molecule has 0 saturated heterocycles. The predicted octanol–water partition coefficient (Wildman–Crippen LogP) is 5.16. The zero-order valence-corrected chi connectivity index (χ0v) is 12.4. The molecule has 0 spiro atoms. The molecule has 0 N–H and O–H groups in total. The van der Waals surface area contributed by atoms with E-state index in [0.29, 0.717) is 6.07 Å². The van der Waals surface area contributed by atoms with E-state index >= 15 is 0 Å². The molecule has 0 fully saturated rings. The first kappa shape index (κ1) is 18.1. The van der Waals surface area contributed by atoms with E-state index in [9.17, 15) is 31.1 Å². The van der Waals surface area contributed by atoms with Crippen LogP contribution in [0.15, 0.2) is 23.1 Å². The number of hydrogen-bond donors (Lipinski definition) is 0. The molecule has 0 radical (unpaired) electrons. The van der Waals surface area contributed by atoms with Crippen molar-refractivity contribution in [2.45, 2.75) is 23.2 Å². The Hall–Kier alpha value is -0.900. The lowest BCUT2D eigenvalue weighted by Gasteiger charge is -2.15. The van der Waals surface area contributed by atoms with E-state index in [4.69, 9.17) is 0 Å². The van der Waals surface area contributed by atoms with E-state index < -0.39 is 40.1 Å². The third-order valence-electron chi connectivity index (χ3n) is 2.04. The highest BCUT2D eigenvalue weighted by Gasteiger charge is 2.36. The molecule has 2 nitrogen and oxygen atoms in total. The van der Waals surface area contributed by atoms with Gasteiger partial charge in [-0.3, -0.25) is 4.79 Å². The van der Waals surface area contributed by atoms with Crippen molar-refractivity contribution in [3.63, 3.8) is 0 Å². The molecule has 1 rings (SSSR count). The number of carbonyl (C=O) groups excluding carboxylic acids is 1. The number of halogens is 7. The molecule has 0 aliphatic heterocycles. The molecule has 0 saturated carbocycles. The number of carbonyl (C=O) groups is 1. The molecule has 0 aliphatic rings. The van der Waals surface area contributed by atoms with Crippen molar-refractivity contribution in [1.29, 1.82) is 0 Å². The van der Waals surface area contributed by atoms with Crippen LogP contribution < -0.4 is 4.74 Å². The minimum absolute atomic E-state index is 0.00952. The van der Waals surface area contributed by atoms with Gasteiger partial charge in [0.1, 0.15) is 5.75 Å². The third kappa shape index (κ3) is 6.60. The maximum absolute atomic E-state index is 12.4. The second-order valence-corrected chi connectivity index (χ2v) is 5.52. The largest absolute Gasteiger partial charge is 0.573 e. The summed E-state index contributed by atoms with van der Waals surface area (Å²) in [5.41, 5.74) is -4.92. The zero-order chi connectivity index (χ0) is 16.3. The second-order valence-electron chi connectivity index (χ2n) is 3.62. The third-order valence-corrected chi connectivity index (χ3v) is 3.21. The van der Waals surface area contributed by atoms with Gasteiger partial charge < -0.3 is 4.74 Å². The zero-order valence-electron chi connectivity index (χ0n) is 10.0. The van der Waals surface area contributed by atoms with Crippen LogP contribution in [0.2, 0.25) is 0 Å². The van der Waals surface area contributed by atoms with Crippen molar-refractivity contribution in [2.75, 3.05) is 5.33 Å². The average Bonchev–Trinajstić information content (AvgIpc) is 2.28. The van der Waals surface area contributed by atoms with Crippen LogP contribution in [0.25, 0.3) is 0 Å². The fraction of sp³-hybridized carbons (Fsp3) is 0.364. The van der Waals surface area contributed by atoms with Crippen LogP contribution >= 0.6 is 27.7 Å². The molecule has 10 heteroatoms. The molecule has 118 valence electrons. The standard InChI is InChI=1S/C11H7BrF6O2S/c12-4-3-7(19)6-1-2-8(20-10(13,14)15)9(5-6)21-11(16,17)18/h1-2,5H,3-4H2. The molecule has 0 amide bonds. The van der Waals surface area contributed by atoms with E-state index in [0.717, 1.165) is 12.1 Å². The first-order valence-corrected chi connectivity index (χ1v) is 7.20. The van der Waals surface area contributed by atoms with Crippen molar-refractivity contribution < 1.29 is 35.9 Å². The Morgan fingerprint density at radius 2 is 1.81 bits per heavy atom. The van der Waals surface area contributed by atoms with Crippen LogP contribution in [-0.2, 0) is 0 Å². The minimum atomic E-state index is -5.12. The summed E-state index contributed by atoms with van der Waals surface area (Å²) >= 11 is 2.22. The van der Waals surface area contributed by atoms with Gasteiger partial charge in [0.25, 0.3) is 0 Å². The topological polar surface area (TPSA) is 26.3 Å². The van der Waals surface area contributed by atoms with Gasteiger partial charge in [0.05, 0.1) is 4.90 Å². The second kappa shape index (κ2) is 6.91. The van der Waals surface area contributed by atoms with Gasteiger partial charge in [-0.2, -0.15) is 13.2 Å². The number of rotatable bonds is 5. The molecule has 0 unspecified atom stereocenters. The average molecular weight is 397 g/mol. The summed E-state index contributed by atoms with van der Waals surface area (Å²) in [5.74, 6) is -1.49. The lowest BCUT2D eigenvalue weighted by Crippen LogP contribution is -2.18. The van der Waals surface area contributed by atoms with Gasteiger partial charge in [-0.15, -0.1) is 13.2 Å². The monoisotopic (exact) mass is 396 g/mol. The summed E-state index contributed by atoms with van der Waals surface area (Å²) in [7, 11) is 0. The van der Waals surface area contributed by atoms with E-state index in [1.807, 2.05) is 0 Å². The van der Waals surface area contributed by atoms with Gasteiger partial charge in [0.2, 0.25) is 0 Å². The number of ether oxygens (including phenoxy) is 1. The molecule has 1 aromatic carbocycles. The molecule has 0 bridgehead atoms. The summed E-state index contributed by atoms with van der Waals surface area (Å²) in [6, 6.07) is 2.43. The fourth-order valence-electron chi connectivity index (χ4n) is 1.33. The van der Waals surface area contributed by atoms with Gasteiger partial charge in [0.15, 0.2) is 5.78 Å². The normalized spacial score (nSPS) is 12.3. The van der Waals surface area contributed by atoms with Crippen molar-refractivity contribution in [3.8, 4) is 5.75 Å². The summed E-state index contributed by atoms with van der Waals surface area (Å²) < 4.78 is 77.1. The maximum atomic E-state index is 12.4. The quantitative estimate of drug-likeness (QED) is 0.297. The van der Waals surface area contributed by atoms with Crippen molar-refractivity contribution in [2.24, 2.45) is 0 Å². The number of alkyl halides is 7. The van der Waals surface area contributed by atoms with Crippen molar-refractivity contribution in [1.82, 2.24) is 0 Å². The Kier molecular flexibility index (Phi) is 5.97. The van der Waals surface area contributed by atoms with Crippen LogP contribution in [0.3, 0.4) is 0 Å². The number of Topliss-reactive ketones (excluding diaryl/α,β-unsaturated/α-hetero) is 1. The minimum Gasteiger partial charge on any atom is -0.405 e. The van der Waals surface area contributed by atoms with Gasteiger partial charge >= 0.3 is 11.9 Å². The Morgan fingerprint density at radius 3 is 2.29 bits per heavy atom. The van der Waals surface area contributed by atoms with Crippen molar-refractivity contribution >= 4 is 33.5 Å². The van der Waals surface area contributed by atoms with E-state index in [-0.39, 0.29) is 17.3 Å². The Morgan fingerprint density at radius 1 is 1.19 bits per heavy atom. The highest BCUT2D eigenvalue weighted by molar-refractivity contribution is 9.09. The lowest BCUT2D eigenvalue weighted by molar-refractivity contribution is -0.275. The first-order chi connectivity index (χ1) is 9.52. The van der Waals surface area contributed by atoms with Crippen LogP contribution in [0.5, 0.6) is 5.75 Å². The van der Waals surface area contributed by atoms with E-state index in [1.165, 1.54) is 0 Å². The predicted molar refractivity (Wildman–Crippen MR) is 67.8 cm³/mol. The number of ketones is 1. The summed E-state index contributed by atoms with van der Waals surface area (Å²) in [6.07, 6.45) is -5.11. The molecule has 0 aliphatic carbocycles. The number of benzene rings is 1. The Bertz CT molecular complexity index is 514. The summed E-state index contributed by atoms with van der Waals surface area (Å²) in [4.78, 5) is 10.8. The highest BCUT2D eigenvalue weighted by atomic mass is 79.9. The fourth-order valence-corrected chi connectivity index (χ4v) is 2.33. The Balaban J connectivity index is 3.16. The number of hydrogen-bond acceptors (Lipinski definition) is 3. The smallest absolute Gasteiger partial charge is 0.405 e. The van der Waals surface area contributed by atoms with Crippen LogP contribution in [0, 0.1) is 0 Å². The Labute approximate surface area is 128 Å². The van der Waals surface area contributed by atoms with Crippen LogP contribution in [0.1, 0.15) is 16.8 Å². The molecular formula is C11H7BrF6O2S. The summed E-state index contributed by atoms with van der Waals surface area (Å²) in [5, 5.41) is 0.286. The van der Waals surface area contributed by atoms with Gasteiger partial charge in [-0.1, -0.05) is 15.9 Å². The van der Waals surface area contributed by atoms with Gasteiger partial charge in [-0.25, -0.2) is 0 Å². The molecule has 0 aromatic heterocycles. The first-order valence-electron chi connectivity index (χ1n) is 5.26. The molecule has 21 heavy (non-hydrogen) atoms.